The molecule has 0 amide bonds. The lowest BCUT2D eigenvalue weighted by molar-refractivity contribution is -0.274. The van der Waals surface area contributed by atoms with Gasteiger partial charge in [-0.25, -0.2) is 0 Å². The fourth-order valence-electron chi connectivity index (χ4n) is 1.27. The standard InChI is InChI=1S/C11H13BrF3NOS/c1-18-5-4-16-7-8-2-3-10(9(12)6-8)17-11(13,14)15/h2-3,6,16H,4-5,7H2,1H3. The summed E-state index contributed by atoms with van der Waals surface area (Å²) < 4.78 is 40.3. The number of nitrogens with one attached hydrogen (secondary N) is 1. The maximum atomic E-state index is 12.1. The van der Waals surface area contributed by atoms with Crippen molar-refractivity contribution in [1.29, 1.82) is 0 Å². The minimum absolute atomic E-state index is 0.227. The van der Waals surface area contributed by atoms with Crippen molar-refractivity contribution in [2.24, 2.45) is 0 Å². The molecule has 0 aliphatic carbocycles. The van der Waals surface area contributed by atoms with E-state index in [1.807, 2.05) is 6.26 Å². The van der Waals surface area contributed by atoms with Gasteiger partial charge in [0, 0.05) is 18.8 Å². The quantitative estimate of drug-likeness (QED) is 0.794. The zero-order chi connectivity index (χ0) is 13.6. The van der Waals surface area contributed by atoms with Gasteiger partial charge in [0.1, 0.15) is 5.75 Å². The van der Waals surface area contributed by atoms with Gasteiger partial charge in [-0.05, 0) is 39.9 Å². The Morgan fingerprint density at radius 1 is 1.39 bits per heavy atom. The van der Waals surface area contributed by atoms with Crippen LogP contribution in [0.25, 0.3) is 0 Å². The summed E-state index contributed by atoms with van der Waals surface area (Å²) in [5.74, 6) is 0.770. The molecule has 1 aromatic rings. The monoisotopic (exact) mass is 343 g/mol. The molecule has 0 unspecified atom stereocenters. The van der Waals surface area contributed by atoms with Crippen LogP contribution in [-0.2, 0) is 6.54 Å². The van der Waals surface area contributed by atoms with E-state index < -0.39 is 6.36 Å². The minimum Gasteiger partial charge on any atom is -0.405 e. The molecule has 0 heterocycles. The van der Waals surface area contributed by atoms with Crippen molar-refractivity contribution in [2.75, 3.05) is 18.6 Å². The summed E-state index contributed by atoms with van der Waals surface area (Å²) in [6.45, 7) is 1.48. The lowest BCUT2D eigenvalue weighted by Gasteiger charge is -2.11. The van der Waals surface area contributed by atoms with Crippen LogP contribution in [0.3, 0.4) is 0 Å². The van der Waals surface area contributed by atoms with Gasteiger partial charge in [0.05, 0.1) is 4.47 Å². The van der Waals surface area contributed by atoms with Crippen LogP contribution in [0.5, 0.6) is 5.75 Å². The Bertz CT molecular complexity index is 387. The molecule has 0 radical (unpaired) electrons. The molecule has 0 fully saturated rings. The number of thioether (sulfide) groups is 1. The summed E-state index contributed by atoms with van der Waals surface area (Å²) >= 11 is 4.80. The van der Waals surface area contributed by atoms with Crippen molar-refractivity contribution in [1.82, 2.24) is 5.32 Å². The summed E-state index contributed by atoms with van der Waals surface area (Å²) in [6.07, 6.45) is -2.65. The Labute approximate surface area is 116 Å². The third-order valence-electron chi connectivity index (χ3n) is 2.03. The van der Waals surface area contributed by atoms with Gasteiger partial charge in [-0.1, -0.05) is 6.07 Å². The number of halogens is 4. The Balaban J connectivity index is 2.56. The number of rotatable bonds is 6. The Morgan fingerprint density at radius 2 is 2.11 bits per heavy atom. The maximum absolute atomic E-state index is 12.1. The van der Waals surface area contributed by atoms with Crippen LogP contribution in [0.1, 0.15) is 5.56 Å². The molecule has 0 bridgehead atoms. The van der Waals surface area contributed by atoms with E-state index in [1.54, 1.807) is 23.9 Å². The van der Waals surface area contributed by atoms with Crippen LogP contribution in [-0.4, -0.2) is 24.9 Å². The smallest absolute Gasteiger partial charge is 0.405 e. The lowest BCUT2D eigenvalue weighted by atomic mass is 10.2. The minimum atomic E-state index is -4.67. The highest BCUT2D eigenvalue weighted by molar-refractivity contribution is 9.10. The van der Waals surface area contributed by atoms with E-state index in [4.69, 9.17) is 0 Å². The largest absolute Gasteiger partial charge is 0.573 e. The summed E-state index contributed by atoms with van der Waals surface area (Å²) in [5.41, 5.74) is 0.900. The molecule has 1 aromatic carbocycles. The van der Waals surface area contributed by atoms with Crippen LogP contribution in [0.15, 0.2) is 22.7 Å². The molecule has 0 spiro atoms. The summed E-state index contributed by atoms with van der Waals surface area (Å²) in [7, 11) is 0. The van der Waals surface area contributed by atoms with Gasteiger partial charge < -0.3 is 10.1 Å². The van der Waals surface area contributed by atoms with Crippen molar-refractivity contribution in [3.05, 3.63) is 28.2 Å². The fraction of sp³-hybridized carbons (Fsp3) is 0.455. The number of hydrogen-bond donors (Lipinski definition) is 1. The van der Waals surface area contributed by atoms with Crippen LogP contribution >= 0.6 is 27.7 Å². The number of benzene rings is 1. The zero-order valence-corrected chi connectivity index (χ0v) is 12.1. The van der Waals surface area contributed by atoms with E-state index in [2.05, 4.69) is 26.0 Å². The van der Waals surface area contributed by atoms with Gasteiger partial charge in [-0.2, -0.15) is 11.8 Å². The van der Waals surface area contributed by atoms with Crippen LogP contribution in [0.2, 0.25) is 0 Å². The molecule has 1 N–H and O–H groups in total. The molecule has 0 aromatic heterocycles. The van der Waals surface area contributed by atoms with E-state index in [-0.39, 0.29) is 5.75 Å². The van der Waals surface area contributed by atoms with Crippen LogP contribution in [0.4, 0.5) is 13.2 Å². The predicted octanol–water partition coefficient (Wildman–Crippen LogP) is 3.80. The molecule has 102 valence electrons. The molecule has 0 aliphatic rings. The first-order valence-electron chi connectivity index (χ1n) is 5.16. The third-order valence-corrected chi connectivity index (χ3v) is 3.27. The van der Waals surface area contributed by atoms with Crippen molar-refractivity contribution in [2.45, 2.75) is 12.9 Å². The van der Waals surface area contributed by atoms with E-state index in [1.165, 1.54) is 6.07 Å². The fourth-order valence-corrected chi connectivity index (χ4v) is 2.12. The Hall–Kier alpha value is -0.400. The first kappa shape index (κ1) is 15.7. The molecule has 0 atom stereocenters. The number of alkyl halides is 3. The first-order valence-corrected chi connectivity index (χ1v) is 7.35. The summed E-state index contributed by atoms with van der Waals surface area (Å²) in [5, 5.41) is 3.19. The van der Waals surface area contributed by atoms with Gasteiger partial charge in [0.25, 0.3) is 0 Å². The second kappa shape index (κ2) is 7.25. The van der Waals surface area contributed by atoms with Gasteiger partial charge in [0.2, 0.25) is 0 Å². The molecule has 0 saturated carbocycles. The number of ether oxygens (including phenoxy) is 1. The van der Waals surface area contributed by atoms with Crippen LogP contribution in [0, 0.1) is 0 Å². The molecule has 1 rings (SSSR count). The van der Waals surface area contributed by atoms with E-state index in [0.29, 0.717) is 11.0 Å². The zero-order valence-electron chi connectivity index (χ0n) is 9.68. The highest BCUT2D eigenvalue weighted by Gasteiger charge is 2.31. The summed E-state index contributed by atoms with van der Waals surface area (Å²) in [6, 6.07) is 4.54. The topological polar surface area (TPSA) is 21.3 Å². The van der Waals surface area contributed by atoms with Gasteiger partial charge in [-0.15, -0.1) is 13.2 Å². The maximum Gasteiger partial charge on any atom is 0.573 e. The third kappa shape index (κ3) is 5.97. The van der Waals surface area contributed by atoms with Crippen molar-refractivity contribution < 1.29 is 17.9 Å². The molecular weight excluding hydrogens is 331 g/mol. The molecule has 2 nitrogen and oxygen atoms in total. The molecule has 18 heavy (non-hydrogen) atoms. The van der Waals surface area contributed by atoms with Crippen molar-refractivity contribution in [3.63, 3.8) is 0 Å². The van der Waals surface area contributed by atoms with E-state index in [0.717, 1.165) is 17.9 Å². The predicted molar refractivity (Wildman–Crippen MR) is 70.9 cm³/mol. The number of hydrogen-bond acceptors (Lipinski definition) is 3. The van der Waals surface area contributed by atoms with Crippen LogP contribution < -0.4 is 10.1 Å². The average Bonchev–Trinajstić information content (AvgIpc) is 2.26. The van der Waals surface area contributed by atoms with E-state index in [9.17, 15) is 13.2 Å². The Morgan fingerprint density at radius 3 is 2.67 bits per heavy atom. The first-order chi connectivity index (χ1) is 8.42. The second-order valence-electron chi connectivity index (χ2n) is 3.48. The highest BCUT2D eigenvalue weighted by Crippen LogP contribution is 2.30. The van der Waals surface area contributed by atoms with Gasteiger partial charge >= 0.3 is 6.36 Å². The lowest BCUT2D eigenvalue weighted by Crippen LogP contribution is -2.18. The SMILES string of the molecule is CSCCNCc1ccc(OC(F)(F)F)c(Br)c1. The second-order valence-corrected chi connectivity index (χ2v) is 5.32. The summed E-state index contributed by atoms with van der Waals surface area (Å²) in [4.78, 5) is 0. The molecule has 0 aliphatic heterocycles. The molecule has 7 heteroatoms. The molecular formula is C11H13BrF3NOS. The average molecular weight is 344 g/mol. The Kier molecular flexibility index (Phi) is 6.31. The van der Waals surface area contributed by atoms with E-state index >= 15 is 0 Å². The van der Waals surface area contributed by atoms with Gasteiger partial charge in [-0.3, -0.25) is 0 Å². The normalized spacial score (nSPS) is 11.6. The molecule has 0 saturated heterocycles. The highest BCUT2D eigenvalue weighted by atomic mass is 79.9. The van der Waals surface area contributed by atoms with Gasteiger partial charge in [0.15, 0.2) is 0 Å². The van der Waals surface area contributed by atoms with Crippen molar-refractivity contribution in [3.8, 4) is 5.75 Å². The van der Waals surface area contributed by atoms with Crippen molar-refractivity contribution >= 4 is 27.7 Å².